The molecular weight excluding hydrogens is 393 g/mol. The average molecular weight is 414 g/mol. The summed E-state index contributed by atoms with van der Waals surface area (Å²) in [5, 5.41) is 12.9. The van der Waals surface area contributed by atoms with E-state index in [-0.39, 0.29) is 12.1 Å². The summed E-state index contributed by atoms with van der Waals surface area (Å²) >= 11 is 0. The predicted molar refractivity (Wildman–Crippen MR) is 108 cm³/mol. The molecule has 0 fully saturated rings. The Morgan fingerprint density at radius 3 is 2.50 bits per heavy atom. The van der Waals surface area contributed by atoms with Crippen molar-refractivity contribution in [3.05, 3.63) is 88.7 Å². The Balaban J connectivity index is 1.57. The first-order valence-electron chi connectivity index (χ1n) is 9.58. The van der Waals surface area contributed by atoms with Crippen LogP contribution in [0.2, 0.25) is 0 Å². The number of hydrogen-bond donors (Lipinski definition) is 2. The maximum Gasteiger partial charge on any atom is 0.134 e. The maximum absolute atomic E-state index is 14.1. The van der Waals surface area contributed by atoms with Crippen molar-refractivity contribution in [3.63, 3.8) is 0 Å². The molecule has 0 saturated heterocycles. The monoisotopic (exact) mass is 414 g/mol. The van der Waals surface area contributed by atoms with Crippen molar-refractivity contribution in [1.29, 1.82) is 0 Å². The largest absolute Gasteiger partial charge is 0.457 e. The van der Waals surface area contributed by atoms with Crippen molar-refractivity contribution in [1.82, 2.24) is 5.32 Å². The third kappa shape index (κ3) is 4.27. The average Bonchev–Trinajstić information content (AvgIpc) is 2.70. The van der Waals surface area contributed by atoms with Gasteiger partial charge in [-0.25, -0.2) is 13.2 Å². The minimum Gasteiger partial charge on any atom is -0.457 e. The Labute approximate surface area is 172 Å². The quantitative estimate of drug-likeness (QED) is 0.616. The molecule has 0 spiro atoms. The van der Waals surface area contributed by atoms with Crippen molar-refractivity contribution in [2.45, 2.75) is 26.1 Å². The number of fused-ring (bicyclic) bond motifs is 1. The second kappa shape index (κ2) is 8.38. The molecule has 3 aromatic rings. The molecular formula is C23H21F3N2O2. The van der Waals surface area contributed by atoms with Crippen LogP contribution in [0.5, 0.6) is 11.5 Å². The first-order chi connectivity index (χ1) is 14.4. The number of nitrogens with one attached hydrogen (secondary N) is 1. The summed E-state index contributed by atoms with van der Waals surface area (Å²) in [5.74, 6) is -1.54. The van der Waals surface area contributed by atoms with Crippen molar-refractivity contribution in [2.75, 3.05) is 11.6 Å². The lowest BCUT2D eigenvalue weighted by Gasteiger charge is -2.32. The first kappa shape index (κ1) is 20.3. The highest BCUT2D eigenvalue weighted by Crippen LogP contribution is 2.32. The number of nitrogens with zero attached hydrogens (tertiary/aromatic N) is 1. The van der Waals surface area contributed by atoms with Crippen LogP contribution in [0.1, 0.15) is 29.7 Å². The minimum absolute atomic E-state index is 0.0332. The van der Waals surface area contributed by atoms with Crippen LogP contribution < -0.4 is 15.0 Å². The Kier molecular flexibility index (Phi) is 5.65. The lowest BCUT2D eigenvalue weighted by atomic mass is 10.1. The summed E-state index contributed by atoms with van der Waals surface area (Å²) in [6.45, 7) is 2.63. The van der Waals surface area contributed by atoms with Crippen LogP contribution >= 0.6 is 0 Å². The summed E-state index contributed by atoms with van der Waals surface area (Å²) in [6, 6.07) is 14.1. The van der Waals surface area contributed by atoms with Gasteiger partial charge in [-0.05, 0) is 48.4 Å². The molecule has 0 amide bonds. The van der Waals surface area contributed by atoms with E-state index in [1.165, 1.54) is 0 Å². The molecule has 0 aliphatic carbocycles. The molecule has 30 heavy (non-hydrogen) atoms. The van der Waals surface area contributed by atoms with Gasteiger partial charge in [-0.15, -0.1) is 0 Å². The van der Waals surface area contributed by atoms with Gasteiger partial charge in [0, 0.05) is 29.9 Å². The highest BCUT2D eigenvalue weighted by atomic mass is 19.1. The van der Waals surface area contributed by atoms with Gasteiger partial charge in [0.2, 0.25) is 0 Å². The second-order valence-corrected chi connectivity index (χ2v) is 7.27. The first-order valence-corrected chi connectivity index (χ1v) is 9.58. The smallest absolute Gasteiger partial charge is 0.134 e. The van der Waals surface area contributed by atoms with Crippen molar-refractivity contribution in [2.24, 2.45) is 0 Å². The predicted octanol–water partition coefficient (Wildman–Crippen LogP) is 5.02. The van der Waals surface area contributed by atoms with Crippen LogP contribution in [-0.2, 0) is 13.1 Å². The molecule has 1 atom stereocenters. The summed E-state index contributed by atoms with van der Waals surface area (Å²) in [7, 11) is 0. The summed E-state index contributed by atoms with van der Waals surface area (Å²) < 4.78 is 47.3. The second-order valence-electron chi connectivity index (χ2n) is 7.27. The number of halogens is 3. The molecule has 0 saturated carbocycles. The molecule has 1 aliphatic heterocycles. The van der Waals surface area contributed by atoms with Crippen LogP contribution in [0.4, 0.5) is 18.9 Å². The zero-order valence-electron chi connectivity index (χ0n) is 16.3. The fourth-order valence-electron chi connectivity index (χ4n) is 3.52. The van der Waals surface area contributed by atoms with Crippen molar-refractivity contribution in [3.8, 4) is 11.5 Å². The topological polar surface area (TPSA) is 44.7 Å². The van der Waals surface area contributed by atoms with E-state index in [9.17, 15) is 18.3 Å². The number of ether oxygens (including phenoxy) is 1. The Bertz CT molecular complexity index is 1050. The van der Waals surface area contributed by atoms with Crippen LogP contribution in [-0.4, -0.2) is 11.8 Å². The van der Waals surface area contributed by atoms with Gasteiger partial charge in [0.1, 0.15) is 29.0 Å². The zero-order valence-corrected chi connectivity index (χ0v) is 16.3. The molecule has 0 radical (unpaired) electrons. The van der Waals surface area contributed by atoms with E-state index >= 15 is 0 Å². The molecule has 0 bridgehead atoms. The van der Waals surface area contributed by atoms with Gasteiger partial charge < -0.3 is 14.7 Å². The van der Waals surface area contributed by atoms with Gasteiger partial charge >= 0.3 is 0 Å². The summed E-state index contributed by atoms with van der Waals surface area (Å²) in [5.41, 5.74) is 2.30. The molecule has 156 valence electrons. The van der Waals surface area contributed by atoms with E-state index < -0.39 is 23.6 Å². The lowest BCUT2D eigenvalue weighted by Crippen LogP contribution is -2.39. The SMILES string of the molecule is CC(O)c1cccc(Oc2ccc3c(c2)CNCN3Cc2c(F)cc(F)cc2F)c1. The van der Waals surface area contributed by atoms with Crippen molar-refractivity contribution < 1.29 is 23.0 Å². The number of anilines is 1. The molecule has 2 N–H and O–H groups in total. The highest BCUT2D eigenvalue weighted by molar-refractivity contribution is 5.58. The van der Waals surface area contributed by atoms with Gasteiger partial charge in [-0.3, -0.25) is 5.32 Å². The fourth-order valence-corrected chi connectivity index (χ4v) is 3.52. The number of aliphatic hydroxyl groups excluding tert-OH is 1. The van der Waals surface area contributed by atoms with Crippen molar-refractivity contribution >= 4 is 5.69 Å². The third-order valence-electron chi connectivity index (χ3n) is 5.04. The fraction of sp³-hybridized carbons (Fsp3) is 0.217. The molecule has 1 heterocycles. The third-order valence-corrected chi connectivity index (χ3v) is 5.04. The van der Waals surface area contributed by atoms with E-state index in [1.54, 1.807) is 30.0 Å². The van der Waals surface area contributed by atoms with E-state index in [4.69, 9.17) is 4.74 Å². The molecule has 1 aliphatic rings. The summed E-state index contributed by atoms with van der Waals surface area (Å²) in [6.07, 6.45) is -0.595. The molecule has 0 aromatic heterocycles. The Hall–Kier alpha value is -3.03. The highest BCUT2D eigenvalue weighted by Gasteiger charge is 2.21. The van der Waals surface area contributed by atoms with Gasteiger partial charge in [0.25, 0.3) is 0 Å². The van der Waals surface area contributed by atoms with Gasteiger partial charge in [0.05, 0.1) is 19.3 Å². The molecule has 3 aromatic carbocycles. The van der Waals surface area contributed by atoms with Gasteiger partial charge in [-0.2, -0.15) is 0 Å². The number of hydrogen-bond acceptors (Lipinski definition) is 4. The Morgan fingerprint density at radius 1 is 1.03 bits per heavy atom. The zero-order chi connectivity index (χ0) is 21.3. The molecule has 4 nitrogen and oxygen atoms in total. The molecule has 7 heteroatoms. The standard InChI is InChI=1S/C23H21F3N2O2/c1-14(29)15-3-2-4-18(7-15)30-19-5-6-23-16(8-19)11-27-13-28(23)12-20-21(25)9-17(24)10-22(20)26/h2-10,14,27,29H,11-13H2,1H3. The molecule has 4 rings (SSSR count). The molecule has 1 unspecified atom stereocenters. The number of rotatable bonds is 5. The normalized spacial score (nSPS) is 14.4. The van der Waals surface area contributed by atoms with E-state index in [0.29, 0.717) is 36.8 Å². The van der Waals surface area contributed by atoms with Crippen LogP contribution in [0, 0.1) is 17.5 Å². The van der Waals surface area contributed by atoms with Crippen LogP contribution in [0.15, 0.2) is 54.6 Å². The summed E-state index contributed by atoms with van der Waals surface area (Å²) in [4.78, 5) is 1.79. The van der Waals surface area contributed by atoms with Crippen LogP contribution in [0.25, 0.3) is 0 Å². The van der Waals surface area contributed by atoms with E-state index in [1.807, 2.05) is 24.3 Å². The van der Waals surface area contributed by atoms with Gasteiger partial charge in [0.15, 0.2) is 0 Å². The minimum atomic E-state index is -0.938. The Morgan fingerprint density at radius 2 is 1.77 bits per heavy atom. The number of benzene rings is 3. The lowest BCUT2D eigenvalue weighted by molar-refractivity contribution is 0.199. The van der Waals surface area contributed by atoms with Crippen LogP contribution in [0.3, 0.4) is 0 Å². The van der Waals surface area contributed by atoms with Gasteiger partial charge in [-0.1, -0.05) is 12.1 Å². The maximum atomic E-state index is 14.1. The van der Waals surface area contributed by atoms with E-state index in [0.717, 1.165) is 16.8 Å². The number of aliphatic hydroxyl groups is 1. The van der Waals surface area contributed by atoms with E-state index in [2.05, 4.69) is 5.32 Å².